The van der Waals surface area contributed by atoms with Gasteiger partial charge in [-0.1, -0.05) is 24.3 Å². The van der Waals surface area contributed by atoms with E-state index in [1.807, 2.05) is 32.9 Å². The van der Waals surface area contributed by atoms with Crippen molar-refractivity contribution in [3.63, 3.8) is 0 Å². The van der Waals surface area contributed by atoms with E-state index in [1.54, 1.807) is 0 Å². The second-order valence-electron chi connectivity index (χ2n) is 6.98. The Balaban J connectivity index is 1.71. The fourth-order valence-electron chi connectivity index (χ4n) is 2.35. The van der Waals surface area contributed by atoms with Gasteiger partial charge in [-0.05, 0) is 44.7 Å². The Morgan fingerprint density at radius 1 is 1.18 bits per heavy atom. The van der Waals surface area contributed by atoms with Crippen LogP contribution >= 0.6 is 0 Å². The van der Waals surface area contributed by atoms with Crippen LogP contribution in [0.25, 0.3) is 0 Å². The Bertz CT molecular complexity index is 488. The van der Waals surface area contributed by atoms with Crippen molar-refractivity contribution in [2.45, 2.75) is 64.4 Å². The van der Waals surface area contributed by atoms with E-state index >= 15 is 0 Å². The fourth-order valence-corrected chi connectivity index (χ4v) is 2.35. The number of hydrogen-bond acceptors (Lipinski definition) is 4. The molecular formula is C17H27N3O2. The fraction of sp³-hybridized carbons (Fsp3) is 0.588. The topological polar surface area (TPSA) is 76.4 Å². The van der Waals surface area contributed by atoms with E-state index in [1.165, 1.54) is 5.56 Å². The lowest BCUT2D eigenvalue weighted by Crippen LogP contribution is -2.48. The molecule has 4 N–H and O–H groups in total. The average molecular weight is 305 g/mol. The maximum absolute atomic E-state index is 11.6. The van der Waals surface area contributed by atoms with Crippen LogP contribution in [0.1, 0.15) is 44.7 Å². The molecule has 0 bridgehead atoms. The van der Waals surface area contributed by atoms with Gasteiger partial charge < -0.3 is 21.1 Å². The summed E-state index contributed by atoms with van der Waals surface area (Å²) in [5.74, 6) is 0. The van der Waals surface area contributed by atoms with Crippen molar-refractivity contribution >= 4 is 6.09 Å². The molecule has 1 aromatic rings. The normalized spacial score (nSPS) is 21.1. The number of hydrogen-bond donors (Lipinski definition) is 3. The zero-order chi connectivity index (χ0) is 16.2. The van der Waals surface area contributed by atoms with Crippen LogP contribution in [0.2, 0.25) is 0 Å². The third-order valence-electron chi connectivity index (χ3n) is 3.63. The van der Waals surface area contributed by atoms with Crippen LogP contribution in [0.5, 0.6) is 0 Å². The molecule has 22 heavy (non-hydrogen) atoms. The highest BCUT2D eigenvalue weighted by Crippen LogP contribution is 2.18. The third-order valence-corrected chi connectivity index (χ3v) is 3.63. The summed E-state index contributed by atoms with van der Waals surface area (Å²) >= 11 is 0. The van der Waals surface area contributed by atoms with Gasteiger partial charge in [0.2, 0.25) is 0 Å². The molecule has 1 aliphatic carbocycles. The first-order chi connectivity index (χ1) is 10.3. The van der Waals surface area contributed by atoms with Crippen LogP contribution in [-0.2, 0) is 17.8 Å². The molecule has 1 aliphatic rings. The highest BCUT2D eigenvalue weighted by molar-refractivity contribution is 5.67. The summed E-state index contributed by atoms with van der Waals surface area (Å²) in [6, 6.07) is 9.15. The summed E-state index contributed by atoms with van der Waals surface area (Å²) in [6.07, 6.45) is 1.75. The predicted octanol–water partition coefficient (Wildman–Crippen LogP) is 2.29. The van der Waals surface area contributed by atoms with E-state index in [4.69, 9.17) is 10.5 Å². The monoisotopic (exact) mass is 305 g/mol. The molecular weight excluding hydrogens is 278 g/mol. The number of nitrogens with two attached hydrogens (primary N) is 1. The molecule has 0 heterocycles. The summed E-state index contributed by atoms with van der Waals surface area (Å²) in [4.78, 5) is 11.6. The van der Waals surface area contributed by atoms with E-state index in [0.29, 0.717) is 18.6 Å². The van der Waals surface area contributed by atoms with Crippen LogP contribution < -0.4 is 16.4 Å². The number of carbonyl (C=O) groups is 1. The number of nitrogens with one attached hydrogen (secondary N) is 2. The number of alkyl carbamates (subject to hydrolysis) is 1. The van der Waals surface area contributed by atoms with Gasteiger partial charge in [-0.2, -0.15) is 0 Å². The number of rotatable bonds is 5. The van der Waals surface area contributed by atoms with Gasteiger partial charge in [0.1, 0.15) is 5.60 Å². The Hall–Kier alpha value is -1.59. The van der Waals surface area contributed by atoms with Gasteiger partial charge in [0.25, 0.3) is 0 Å². The highest BCUT2D eigenvalue weighted by atomic mass is 16.6. The van der Waals surface area contributed by atoms with Crippen LogP contribution in [-0.4, -0.2) is 23.8 Å². The number of benzene rings is 1. The summed E-state index contributed by atoms with van der Waals surface area (Å²) < 4.78 is 5.21. The lowest BCUT2D eigenvalue weighted by atomic mass is 9.87. The van der Waals surface area contributed by atoms with Crippen molar-refractivity contribution in [2.24, 2.45) is 5.73 Å². The second kappa shape index (κ2) is 7.11. The number of ether oxygens (including phenoxy) is 1. The van der Waals surface area contributed by atoms with E-state index in [9.17, 15) is 4.79 Å². The Kier molecular flexibility index (Phi) is 5.42. The van der Waals surface area contributed by atoms with Crippen molar-refractivity contribution in [3.05, 3.63) is 35.4 Å². The average Bonchev–Trinajstić information content (AvgIpc) is 2.39. The van der Waals surface area contributed by atoms with Gasteiger partial charge in [-0.3, -0.25) is 0 Å². The third kappa shape index (κ3) is 5.66. The molecule has 0 spiro atoms. The highest BCUT2D eigenvalue weighted by Gasteiger charge is 2.24. The van der Waals surface area contributed by atoms with Crippen molar-refractivity contribution in [3.8, 4) is 0 Å². The van der Waals surface area contributed by atoms with E-state index in [2.05, 4.69) is 22.8 Å². The first-order valence-corrected chi connectivity index (χ1v) is 7.85. The van der Waals surface area contributed by atoms with Crippen LogP contribution in [0.4, 0.5) is 4.79 Å². The molecule has 0 atom stereocenters. The summed E-state index contributed by atoms with van der Waals surface area (Å²) in [5.41, 5.74) is 7.59. The Morgan fingerprint density at radius 2 is 1.73 bits per heavy atom. The summed E-state index contributed by atoms with van der Waals surface area (Å²) in [7, 11) is 0. The predicted molar refractivity (Wildman–Crippen MR) is 87.4 cm³/mol. The SMILES string of the molecule is CC(C)(C)OC(=O)NCc1ccc(CNC2CC(N)C2)cc1. The van der Waals surface area contributed by atoms with Crippen molar-refractivity contribution < 1.29 is 9.53 Å². The molecule has 0 aliphatic heterocycles. The molecule has 1 fully saturated rings. The lowest BCUT2D eigenvalue weighted by molar-refractivity contribution is 0.0523. The van der Waals surface area contributed by atoms with Gasteiger partial charge in [0, 0.05) is 25.2 Å². The molecule has 1 aromatic carbocycles. The molecule has 1 saturated carbocycles. The molecule has 0 saturated heterocycles. The standard InChI is InChI=1S/C17H27N3O2/c1-17(2,3)22-16(21)20-11-13-6-4-12(5-7-13)10-19-15-8-14(18)9-15/h4-7,14-15,19H,8-11,18H2,1-3H3,(H,20,21). The van der Waals surface area contributed by atoms with Crippen molar-refractivity contribution in [2.75, 3.05) is 0 Å². The molecule has 2 rings (SSSR count). The first-order valence-electron chi connectivity index (χ1n) is 7.85. The van der Waals surface area contributed by atoms with Gasteiger partial charge in [-0.15, -0.1) is 0 Å². The molecule has 122 valence electrons. The molecule has 5 nitrogen and oxygen atoms in total. The molecule has 1 amide bonds. The molecule has 0 aromatic heterocycles. The largest absolute Gasteiger partial charge is 0.444 e. The van der Waals surface area contributed by atoms with Crippen LogP contribution in [0.3, 0.4) is 0 Å². The van der Waals surface area contributed by atoms with Crippen LogP contribution in [0.15, 0.2) is 24.3 Å². The van der Waals surface area contributed by atoms with Gasteiger partial charge in [-0.25, -0.2) is 4.79 Å². The number of carbonyl (C=O) groups excluding carboxylic acids is 1. The Labute approximate surface area is 132 Å². The van der Waals surface area contributed by atoms with Crippen molar-refractivity contribution in [1.82, 2.24) is 10.6 Å². The minimum absolute atomic E-state index is 0.374. The minimum Gasteiger partial charge on any atom is -0.444 e. The maximum atomic E-state index is 11.6. The van der Waals surface area contributed by atoms with Crippen molar-refractivity contribution in [1.29, 1.82) is 0 Å². The van der Waals surface area contributed by atoms with E-state index < -0.39 is 5.60 Å². The Morgan fingerprint density at radius 3 is 2.23 bits per heavy atom. The smallest absolute Gasteiger partial charge is 0.407 e. The second-order valence-corrected chi connectivity index (χ2v) is 6.98. The van der Waals surface area contributed by atoms with Gasteiger partial charge in [0.05, 0.1) is 0 Å². The number of amides is 1. The molecule has 0 radical (unpaired) electrons. The van der Waals surface area contributed by atoms with Crippen LogP contribution in [0, 0.1) is 0 Å². The summed E-state index contributed by atoms with van der Waals surface area (Å²) in [6.45, 7) is 6.88. The maximum Gasteiger partial charge on any atom is 0.407 e. The summed E-state index contributed by atoms with van der Waals surface area (Å²) in [5, 5.41) is 6.25. The first kappa shape index (κ1) is 16.8. The molecule has 0 unspecified atom stereocenters. The zero-order valence-corrected chi connectivity index (χ0v) is 13.7. The quantitative estimate of drug-likeness (QED) is 0.780. The van der Waals surface area contributed by atoms with E-state index in [-0.39, 0.29) is 6.09 Å². The minimum atomic E-state index is -0.469. The van der Waals surface area contributed by atoms with E-state index in [0.717, 1.165) is 24.9 Å². The lowest BCUT2D eigenvalue weighted by Gasteiger charge is -2.33. The van der Waals surface area contributed by atoms with Gasteiger partial charge in [0.15, 0.2) is 0 Å². The zero-order valence-electron chi connectivity index (χ0n) is 13.7. The van der Waals surface area contributed by atoms with Gasteiger partial charge >= 0.3 is 6.09 Å². The molecule has 5 heteroatoms.